The zero-order valence-electron chi connectivity index (χ0n) is 12.7. The summed E-state index contributed by atoms with van der Waals surface area (Å²) < 4.78 is 5.27. The summed E-state index contributed by atoms with van der Waals surface area (Å²) in [5.41, 5.74) is 5.76. The zero-order chi connectivity index (χ0) is 14.6. The molecule has 1 aliphatic rings. The van der Waals surface area contributed by atoms with E-state index in [2.05, 4.69) is 22.1 Å². The van der Waals surface area contributed by atoms with Gasteiger partial charge in [-0.1, -0.05) is 26.2 Å². The first-order valence-corrected chi connectivity index (χ1v) is 7.74. The van der Waals surface area contributed by atoms with Gasteiger partial charge >= 0.3 is 0 Å². The van der Waals surface area contributed by atoms with Gasteiger partial charge in [-0.15, -0.1) is 0 Å². The fourth-order valence-corrected chi connectivity index (χ4v) is 2.17. The van der Waals surface area contributed by atoms with E-state index in [1.165, 1.54) is 19.3 Å². The summed E-state index contributed by atoms with van der Waals surface area (Å²) in [6.45, 7) is 7.29. The van der Waals surface area contributed by atoms with Gasteiger partial charge in [-0.25, -0.2) is 0 Å². The van der Waals surface area contributed by atoms with Crippen molar-refractivity contribution in [2.24, 2.45) is 10.7 Å². The number of nitrogens with two attached hydrogens (primary N) is 1. The maximum Gasteiger partial charge on any atom is 0.188 e. The van der Waals surface area contributed by atoms with Gasteiger partial charge in [0.2, 0.25) is 0 Å². The Kier molecular flexibility index (Phi) is 9.36. The van der Waals surface area contributed by atoms with Crippen LogP contribution in [0, 0.1) is 0 Å². The maximum absolute atomic E-state index is 9.92. The quantitative estimate of drug-likeness (QED) is 0.320. The lowest BCUT2D eigenvalue weighted by molar-refractivity contribution is 0.0165. The number of guanidine groups is 1. The molecule has 0 bridgehead atoms. The van der Waals surface area contributed by atoms with Crippen LogP contribution in [0.5, 0.6) is 0 Å². The van der Waals surface area contributed by atoms with Crippen molar-refractivity contribution in [1.29, 1.82) is 0 Å². The molecule has 20 heavy (non-hydrogen) atoms. The Bertz CT molecular complexity index is 268. The summed E-state index contributed by atoms with van der Waals surface area (Å²) in [7, 11) is 0. The van der Waals surface area contributed by atoms with Gasteiger partial charge in [-0.3, -0.25) is 9.89 Å². The van der Waals surface area contributed by atoms with Crippen LogP contribution in [0.15, 0.2) is 4.99 Å². The second-order valence-corrected chi connectivity index (χ2v) is 5.28. The van der Waals surface area contributed by atoms with Gasteiger partial charge in [0.15, 0.2) is 5.96 Å². The van der Waals surface area contributed by atoms with E-state index in [1.54, 1.807) is 0 Å². The first-order chi connectivity index (χ1) is 9.72. The average Bonchev–Trinajstić information content (AvgIpc) is 2.46. The molecule has 0 aromatic rings. The number of β-amino-alcohol motifs (C(OH)–C–C–N with tert-alkyl or cyclic N) is 1. The predicted molar refractivity (Wildman–Crippen MR) is 81.9 cm³/mol. The van der Waals surface area contributed by atoms with Crippen LogP contribution in [0.1, 0.15) is 32.6 Å². The highest BCUT2D eigenvalue weighted by atomic mass is 16.5. The molecule has 4 N–H and O–H groups in total. The second kappa shape index (κ2) is 10.9. The first kappa shape index (κ1) is 17.2. The smallest absolute Gasteiger partial charge is 0.188 e. The van der Waals surface area contributed by atoms with Crippen molar-refractivity contribution in [2.75, 3.05) is 45.9 Å². The molecule has 6 nitrogen and oxygen atoms in total. The lowest BCUT2D eigenvalue weighted by Crippen LogP contribution is -2.42. The third kappa shape index (κ3) is 8.35. The number of nitrogens with one attached hydrogen (secondary N) is 1. The van der Waals surface area contributed by atoms with Crippen molar-refractivity contribution in [3.8, 4) is 0 Å². The second-order valence-electron chi connectivity index (χ2n) is 5.28. The number of aliphatic hydroxyl groups excluding tert-OH is 1. The molecule has 118 valence electrons. The normalized spacial score (nSPS) is 19.0. The average molecular weight is 286 g/mol. The third-order valence-electron chi connectivity index (χ3n) is 3.38. The van der Waals surface area contributed by atoms with Crippen molar-refractivity contribution >= 4 is 5.96 Å². The van der Waals surface area contributed by atoms with Crippen LogP contribution >= 0.6 is 0 Å². The van der Waals surface area contributed by atoms with E-state index in [4.69, 9.17) is 10.5 Å². The van der Waals surface area contributed by atoms with Gasteiger partial charge < -0.3 is 20.9 Å². The SMILES string of the molecule is CCCCCCNC(N)=NCC(O)CN1CCOCC1. The Morgan fingerprint density at radius 3 is 2.80 bits per heavy atom. The fourth-order valence-electron chi connectivity index (χ4n) is 2.17. The van der Waals surface area contributed by atoms with Crippen molar-refractivity contribution in [3.05, 3.63) is 0 Å². The Morgan fingerprint density at radius 1 is 1.35 bits per heavy atom. The van der Waals surface area contributed by atoms with Crippen LogP contribution in [0.25, 0.3) is 0 Å². The summed E-state index contributed by atoms with van der Waals surface area (Å²) in [5, 5.41) is 13.0. The van der Waals surface area contributed by atoms with Crippen molar-refractivity contribution in [3.63, 3.8) is 0 Å². The van der Waals surface area contributed by atoms with Gasteiger partial charge in [0.1, 0.15) is 0 Å². The highest BCUT2D eigenvalue weighted by Gasteiger charge is 2.14. The minimum atomic E-state index is -0.464. The van der Waals surface area contributed by atoms with Crippen molar-refractivity contribution in [2.45, 2.75) is 38.7 Å². The van der Waals surface area contributed by atoms with Crippen LogP contribution in [0.3, 0.4) is 0 Å². The molecule has 0 radical (unpaired) electrons. The van der Waals surface area contributed by atoms with Gasteiger partial charge in [0.05, 0.1) is 25.9 Å². The van der Waals surface area contributed by atoms with Gasteiger partial charge in [-0.2, -0.15) is 0 Å². The summed E-state index contributed by atoms with van der Waals surface area (Å²) in [4.78, 5) is 6.38. The topological polar surface area (TPSA) is 83.1 Å². The number of rotatable bonds is 9. The van der Waals surface area contributed by atoms with Crippen LogP contribution in [0.4, 0.5) is 0 Å². The number of hydrogen-bond acceptors (Lipinski definition) is 4. The Morgan fingerprint density at radius 2 is 2.10 bits per heavy atom. The number of aliphatic hydroxyl groups is 1. The largest absolute Gasteiger partial charge is 0.390 e. The van der Waals surface area contributed by atoms with E-state index in [9.17, 15) is 5.11 Å². The minimum absolute atomic E-state index is 0.352. The molecule has 0 aromatic heterocycles. The van der Waals surface area contributed by atoms with E-state index in [0.29, 0.717) is 19.0 Å². The van der Waals surface area contributed by atoms with E-state index < -0.39 is 6.10 Å². The fraction of sp³-hybridized carbons (Fsp3) is 0.929. The molecule has 1 unspecified atom stereocenters. The molecular weight excluding hydrogens is 256 g/mol. The Labute approximate surface area is 122 Å². The standard InChI is InChI=1S/C14H30N4O2/c1-2-3-4-5-6-16-14(15)17-11-13(19)12-18-7-9-20-10-8-18/h13,19H,2-12H2,1H3,(H3,15,16,17). The maximum atomic E-state index is 9.92. The Hall–Kier alpha value is -0.850. The first-order valence-electron chi connectivity index (χ1n) is 7.74. The lowest BCUT2D eigenvalue weighted by atomic mass is 10.2. The molecule has 1 aliphatic heterocycles. The van der Waals surface area contributed by atoms with Crippen LogP contribution in [-0.4, -0.2) is 68.0 Å². The summed E-state index contributed by atoms with van der Waals surface area (Å²) in [6.07, 6.45) is 4.36. The van der Waals surface area contributed by atoms with Gasteiger partial charge in [0.25, 0.3) is 0 Å². The lowest BCUT2D eigenvalue weighted by Gasteiger charge is -2.28. The molecule has 6 heteroatoms. The monoisotopic (exact) mass is 286 g/mol. The van der Waals surface area contributed by atoms with E-state index >= 15 is 0 Å². The van der Waals surface area contributed by atoms with Crippen molar-refractivity contribution in [1.82, 2.24) is 10.2 Å². The van der Waals surface area contributed by atoms with E-state index in [0.717, 1.165) is 39.3 Å². The van der Waals surface area contributed by atoms with E-state index in [-0.39, 0.29) is 0 Å². The number of hydrogen-bond donors (Lipinski definition) is 3. The molecule has 1 heterocycles. The van der Waals surface area contributed by atoms with Crippen LogP contribution in [-0.2, 0) is 4.74 Å². The molecule has 1 atom stereocenters. The molecule has 1 saturated heterocycles. The molecule has 0 spiro atoms. The summed E-state index contributed by atoms with van der Waals surface area (Å²) in [5.74, 6) is 0.433. The highest BCUT2D eigenvalue weighted by molar-refractivity contribution is 5.77. The number of nitrogens with zero attached hydrogens (tertiary/aromatic N) is 2. The molecule has 1 rings (SSSR count). The number of aliphatic imine (C=N–C) groups is 1. The number of ether oxygens (including phenoxy) is 1. The third-order valence-corrected chi connectivity index (χ3v) is 3.38. The molecular formula is C14H30N4O2. The molecule has 0 amide bonds. The summed E-state index contributed by atoms with van der Waals surface area (Å²) in [6, 6.07) is 0. The zero-order valence-corrected chi connectivity index (χ0v) is 12.7. The van der Waals surface area contributed by atoms with Gasteiger partial charge in [0, 0.05) is 26.2 Å². The molecule has 0 aromatic carbocycles. The number of unbranched alkanes of at least 4 members (excludes halogenated alkanes) is 3. The van der Waals surface area contributed by atoms with Gasteiger partial charge in [-0.05, 0) is 6.42 Å². The number of morpholine rings is 1. The predicted octanol–water partition coefficient (Wildman–Crippen LogP) is 0.164. The Balaban J connectivity index is 2.07. The molecule has 1 fully saturated rings. The van der Waals surface area contributed by atoms with Crippen molar-refractivity contribution < 1.29 is 9.84 Å². The molecule has 0 aliphatic carbocycles. The molecule has 0 saturated carbocycles. The minimum Gasteiger partial charge on any atom is -0.390 e. The highest BCUT2D eigenvalue weighted by Crippen LogP contribution is 1.99. The van der Waals surface area contributed by atoms with Crippen LogP contribution < -0.4 is 11.1 Å². The van der Waals surface area contributed by atoms with Crippen LogP contribution in [0.2, 0.25) is 0 Å². The summed E-state index contributed by atoms with van der Waals surface area (Å²) >= 11 is 0. The van der Waals surface area contributed by atoms with E-state index in [1.807, 2.05) is 0 Å².